The van der Waals surface area contributed by atoms with Crippen LogP contribution in [0.3, 0.4) is 0 Å². The van der Waals surface area contributed by atoms with Gasteiger partial charge in [-0.3, -0.25) is 14.4 Å². The molecule has 0 spiro atoms. The number of hydrogen-bond donors (Lipinski definition) is 1. The van der Waals surface area contributed by atoms with Crippen LogP contribution in [-0.4, -0.2) is 35.5 Å². The van der Waals surface area contributed by atoms with Gasteiger partial charge in [0.1, 0.15) is 29.5 Å². The summed E-state index contributed by atoms with van der Waals surface area (Å²) in [6, 6.07) is 13.1. The molecule has 0 fully saturated rings. The fourth-order valence-electron chi connectivity index (χ4n) is 3.66. The number of carbonyl (C=O) groups is 2. The predicted molar refractivity (Wildman–Crippen MR) is 129 cm³/mol. The summed E-state index contributed by atoms with van der Waals surface area (Å²) in [5.74, 6) is -0.558. The van der Waals surface area contributed by atoms with Crippen LogP contribution in [0.1, 0.15) is 21.6 Å². The SMILES string of the molecule is COc1ccc(OC)c(NC(=O)Cn2cc(C(=O)c3ccc(F)cc3)c(=O)c3ccc(C)nc32)c1. The van der Waals surface area contributed by atoms with Gasteiger partial charge in [0, 0.05) is 23.5 Å². The Balaban J connectivity index is 1.75. The van der Waals surface area contributed by atoms with Crippen LogP contribution < -0.4 is 20.2 Å². The first kappa shape index (κ1) is 23.6. The van der Waals surface area contributed by atoms with Crippen LogP contribution in [0.15, 0.2) is 65.6 Å². The van der Waals surface area contributed by atoms with E-state index in [-0.39, 0.29) is 28.7 Å². The lowest BCUT2D eigenvalue weighted by molar-refractivity contribution is -0.116. The summed E-state index contributed by atoms with van der Waals surface area (Å²) < 4.78 is 25.3. The van der Waals surface area contributed by atoms with Crippen LogP contribution in [0.25, 0.3) is 11.0 Å². The highest BCUT2D eigenvalue weighted by atomic mass is 19.1. The summed E-state index contributed by atoms with van der Waals surface area (Å²) in [4.78, 5) is 43.6. The summed E-state index contributed by atoms with van der Waals surface area (Å²) in [6.45, 7) is 1.52. The van der Waals surface area contributed by atoms with Crippen LogP contribution in [0.4, 0.5) is 10.1 Å². The number of aryl methyl sites for hydroxylation is 1. The van der Waals surface area contributed by atoms with Gasteiger partial charge in [0.15, 0.2) is 5.78 Å². The number of aromatic nitrogens is 2. The number of nitrogens with one attached hydrogen (secondary N) is 1. The minimum absolute atomic E-state index is 0.151. The van der Waals surface area contributed by atoms with E-state index in [1.54, 1.807) is 37.3 Å². The van der Waals surface area contributed by atoms with E-state index in [1.807, 2.05) is 0 Å². The zero-order chi connectivity index (χ0) is 25.1. The number of benzene rings is 2. The minimum Gasteiger partial charge on any atom is -0.497 e. The zero-order valence-electron chi connectivity index (χ0n) is 19.3. The number of fused-ring (bicyclic) bond motifs is 1. The molecule has 0 unspecified atom stereocenters. The molecule has 2 aromatic carbocycles. The molecule has 2 aromatic heterocycles. The molecule has 4 rings (SSSR count). The second-order valence-electron chi connectivity index (χ2n) is 7.77. The molecular formula is C26H22FN3O5. The smallest absolute Gasteiger partial charge is 0.244 e. The maximum Gasteiger partial charge on any atom is 0.244 e. The van der Waals surface area contributed by atoms with Crippen LogP contribution in [0, 0.1) is 12.7 Å². The first-order valence-corrected chi connectivity index (χ1v) is 10.6. The van der Waals surface area contributed by atoms with Gasteiger partial charge in [0.2, 0.25) is 11.3 Å². The standard InChI is InChI=1S/C26H22FN3O5/c1-15-4-10-19-25(33)20(24(32)16-5-7-17(27)8-6-16)13-30(26(19)28-15)14-23(31)29-21-12-18(34-2)9-11-22(21)35-3/h4-13H,14H2,1-3H3,(H,29,31). The molecular weight excluding hydrogens is 453 g/mol. The van der Waals surface area contributed by atoms with Gasteiger partial charge in [-0.2, -0.15) is 0 Å². The fraction of sp³-hybridized carbons (Fsp3) is 0.154. The number of nitrogens with zero attached hydrogens (tertiary/aromatic N) is 2. The topological polar surface area (TPSA) is 99.5 Å². The minimum atomic E-state index is -0.582. The Morgan fingerprint density at radius 1 is 1.03 bits per heavy atom. The van der Waals surface area contributed by atoms with Gasteiger partial charge in [-0.1, -0.05) is 0 Å². The van der Waals surface area contributed by atoms with Gasteiger partial charge in [0.05, 0.1) is 30.9 Å². The number of rotatable bonds is 7. The number of ether oxygens (including phenoxy) is 2. The molecule has 0 aliphatic carbocycles. The van der Waals surface area contributed by atoms with Crippen LogP contribution in [0.5, 0.6) is 11.5 Å². The fourth-order valence-corrected chi connectivity index (χ4v) is 3.66. The second-order valence-corrected chi connectivity index (χ2v) is 7.77. The molecule has 1 N–H and O–H groups in total. The van der Waals surface area contributed by atoms with Crippen LogP contribution >= 0.6 is 0 Å². The van der Waals surface area contributed by atoms with E-state index < -0.39 is 22.9 Å². The van der Waals surface area contributed by atoms with Crippen molar-refractivity contribution in [1.29, 1.82) is 0 Å². The van der Waals surface area contributed by atoms with Gasteiger partial charge in [-0.05, 0) is 55.5 Å². The Labute approximate surface area is 199 Å². The van der Waals surface area contributed by atoms with Gasteiger partial charge in [-0.15, -0.1) is 0 Å². The van der Waals surface area contributed by atoms with Crippen molar-refractivity contribution < 1.29 is 23.5 Å². The number of ketones is 1. The molecule has 8 nitrogen and oxygen atoms in total. The first-order valence-electron chi connectivity index (χ1n) is 10.6. The Morgan fingerprint density at radius 2 is 1.77 bits per heavy atom. The van der Waals surface area contributed by atoms with E-state index in [4.69, 9.17) is 9.47 Å². The first-order chi connectivity index (χ1) is 16.8. The van der Waals surface area contributed by atoms with E-state index >= 15 is 0 Å². The van der Waals surface area contributed by atoms with Gasteiger partial charge < -0.3 is 19.4 Å². The Morgan fingerprint density at radius 3 is 2.46 bits per heavy atom. The van der Waals surface area contributed by atoms with Crippen LogP contribution in [0.2, 0.25) is 0 Å². The molecule has 35 heavy (non-hydrogen) atoms. The monoisotopic (exact) mass is 475 g/mol. The van der Waals surface area contributed by atoms with Crippen molar-refractivity contribution in [2.45, 2.75) is 13.5 Å². The van der Waals surface area contributed by atoms with Gasteiger partial charge in [0.25, 0.3) is 0 Å². The molecule has 0 saturated carbocycles. The third-order valence-electron chi connectivity index (χ3n) is 5.41. The van der Waals surface area contributed by atoms with Crippen LogP contribution in [-0.2, 0) is 11.3 Å². The lowest BCUT2D eigenvalue weighted by Gasteiger charge is -2.15. The molecule has 1 amide bonds. The quantitative estimate of drug-likeness (QED) is 0.409. The summed E-state index contributed by atoms with van der Waals surface area (Å²) in [6.07, 6.45) is 1.31. The van der Waals surface area contributed by atoms with E-state index in [0.29, 0.717) is 22.9 Å². The maximum atomic E-state index is 13.3. The second kappa shape index (κ2) is 9.76. The molecule has 2 heterocycles. The number of anilines is 1. The molecule has 0 radical (unpaired) electrons. The molecule has 0 bridgehead atoms. The van der Waals surface area contributed by atoms with Gasteiger partial charge >= 0.3 is 0 Å². The molecule has 178 valence electrons. The highest BCUT2D eigenvalue weighted by Gasteiger charge is 2.19. The number of hydrogen-bond acceptors (Lipinski definition) is 6. The number of amides is 1. The van der Waals surface area contributed by atoms with Crippen molar-refractivity contribution in [2.75, 3.05) is 19.5 Å². The number of halogens is 1. The molecule has 4 aromatic rings. The van der Waals surface area contributed by atoms with E-state index in [1.165, 1.54) is 37.1 Å². The third kappa shape index (κ3) is 4.89. The van der Waals surface area contributed by atoms with Crippen molar-refractivity contribution in [2.24, 2.45) is 0 Å². The Hall–Kier alpha value is -4.53. The highest BCUT2D eigenvalue weighted by Crippen LogP contribution is 2.29. The maximum absolute atomic E-state index is 13.3. The van der Waals surface area contributed by atoms with Crippen molar-refractivity contribution in [3.8, 4) is 11.5 Å². The summed E-state index contributed by atoms with van der Waals surface area (Å²) in [7, 11) is 2.99. The number of methoxy groups -OCH3 is 2. The van der Waals surface area contributed by atoms with Gasteiger partial charge in [-0.25, -0.2) is 9.37 Å². The van der Waals surface area contributed by atoms with Crippen molar-refractivity contribution in [3.63, 3.8) is 0 Å². The lowest BCUT2D eigenvalue weighted by atomic mass is 10.0. The average molecular weight is 475 g/mol. The van der Waals surface area contributed by atoms with Crippen molar-refractivity contribution in [3.05, 3.63) is 93.7 Å². The molecule has 9 heteroatoms. The molecule has 0 aliphatic heterocycles. The summed E-state index contributed by atoms with van der Waals surface area (Å²) in [5.41, 5.74) is 0.778. The number of pyridine rings is 2. The Kier molecular flexibility index (Phi) is 6.59. The van der Waals surface area contributed by atoms with E-state index in [0.717, 1.165) is 12.1 Å². The van der Waals surface area contributed by atoms with Crippen molar-refractivity contribution >= 4 is 28.4 Å². The lowest BCUT2D eigenvalue weighted by Crippen LogP contribution is -2.25. The largest absolute Gasteiger partial charge is 0.497 e. The zero-order valence-corrected chi connectivity index (χ0v) is 19.3. The third-order valence-corrected chi connectivity index (χ3v) is 5.41. The normalized spacial score (nSPS) is 10.7. The number of carbonyl (C=O) groups excluding carboxylic acids is 2. The van der Waals surface area contributed by atoms with Crippen molar-refractivity contribution in [1.82, 2.24) is 9.55 Å². The van der Waals surface area contributed by atoms with E-state index in [2.05, 4.69) is 10.3 Å². The highest BCUT2D eigenvalue weighted by molar-refractivity contribution is 6.10. The Bertz CT molecular complexity index is 1500. The molecule has 0 atom stereocenters. The van der Waals surface area contributed by atoms with E-state index in [9.17, 15) is 18.8 Å². The predicted octanol–water partition coefficient (Wildman–Crippen LogP) is 3.73. The molecule has 0 saturated heterocycles. The average Bonchev–Trinajstić information content (AvgIpc) is 2.85. The summed E-state index contributed by atoms with van der Waals surface area (Å²) >= 11 is 0. The summed E-state index contributed by atoms with van der Waals surface area (Å²) in [5, 5.41) is 2.96. The molecule has 0 aliphatic rings.